The molecule has 0 spiro atoms. The third-order valence-corrected chi connectivity index (χ3v) is 8.11. The molecule has 0 aliphatic carbocycles. The molecule has 0 N–H and O–H groups in total. The van der Waals surface area contributed by atoms with Gasteiger partial charge in [-0.05, 0) is 92.9 Å². The molecule has 166 valence electrons. The fourth-order valence-corrected chi connectivity index (χ4v) is 6.91. The van der Waals surface area contributed by atoms with Gasteiger partial charge in [0.25, 0.3) is 0 Å². The van der Waals surface area contributed by atoms with E-state index in [0.29, 0.717) is 0 Å². The van der Waals surface area contributed by atoms with Crippen LogP contribution in [0.4, 0.5) is 0 Å². The Morgan fingerprint density at radius 2 is 1.65 bits per heavy atom. The van der Waals surface area contributed by atoms with Crippen molar-refractivity contribution in [1.82, 2.24) is 9.38 Å². The van der Waals surface area contributed by atoms with Gasteiger partial charge in [0.15, 0.2) is 0 Å². The summed E-state index contributed by atoms with van der Waals surface area (Å²) in [6, 6.07) is 22.7. The Labute approximate surface area is 212 Å². The summed E-state index contributed by atoms with van der Waals surface area (Å²) in [5, 5.41) is 9.04. The lowest BCUT2D eigenvalue weighted by atomic mass is 9.87. The summed E-state index contributed by atoms with van der Waals surface area (Å²) in [6.45, 7) is 9.20. The lowest BCUT2D eigenvalue weighted by molar-refractivity contribution is 0.411. The molecule has 0 amide bonds. The molecule has 0 fully saturated rings. The molecule has 3 heterocycles. The van der Waals surface area contributed by atoms with Crippen molar-refractivity contribution in [1.29, 1.82) is 0 Å². The summed E-state index contributed by atoms with van der Waals surface area (Å²) in [6.07, 6.45) is 3.04. The van der Waals surface area contributed by atoms with Gasteiger partial charge in [-0.3, -0.25) is 4.98 Å². The second-order valence-electron chi connectivity index (χ2n) is 10.9. The largest absolute Gasteiger partial charge is 0.308 e. The molecule has 7 rings (SSSR count). The van der Waals surface area contributed by atoms with E-state index in [9.17, 15) is 0 Å². The van der Waals surface area contributed by atoms with Crippen LogP contribution in [-0.4, -0.2) is 9.38 Å². The van der Waals surface area contributed by atoms with Crippen LogP contribution < -0.4 is 0 Å². The van der Waals surface area contributed by atoms with Gasteiger partial charge in [0.2, 0.25) is 0 Å². The third kappa shape index (κ3) is 2.70. The van der Waals surface area contributed by atoms with Crippen molar-refractivity contribution in [2.75, 3.05) is 0 Å². The molecule has 0 radical (unpaired) electrons. The third-order valence-electron chi connectivity index (χ3n) is 7.26. The van der Waals surface area contributed by atoms with Gasteiger partial charge in [-0.15, -0.1) is 0 Å². The second kappa shape index (κ2) is 6.82. The minimum Gasteiger partial charge on any atom is -0.308 e. The van der Waals surface area contributed by atoms with Crippen LogP contribution in [-0.2, 0) is 6.42 Å². The maximum absolute atomic E-state index is 4.98. The van der Waals surface area contributed by atoms with E-state index in [-0.39, 0.29) is 5.41 Å². The number of pyridine rings is 2. The molecule has 4 aromatic carbocycles. The van der Waals surface area contributed by atoms with Crippen molar-refractivity contribution in [2.24, 2.45) is 5.41 Å². The highest BCUT2D eigenvalue weighted by molar-refractivity contribution is 14.1. The first-order valence-electron chi connectivity index (χ1n) is 11.9. The summed E-state index contributed by atoms with van der Waals surface area (Å²) in [7, 11) is 0. The monoisotopic (exact) mass is 552 g/mol. The van der Waals surface area contributed by atoms with E-state index in [0.717, 1.165) is 11.9 Å². The zero-order valence-electron chi connectivity index (χ0n) is 19.8. The Balaban J connectivity index is 1.76. The smallest absolute Gasteiger partial charge is 0.0823 e. The van der Waals surface area contributed by atoms with Gasteiger partial charge in [0.1, 0.15) is 0 Å². The summed E-state index contributed by atoms with van der Waals surface area (Å²) in [5.41, 5.74) is 7.92. The van der Waals surface area contributed by atoms with E-state index in [1.165, 1.54) is 69.0 Å². The first-order chi connectivity index (χ1) is 16.3. The Bertz CT molecular complexity index is 1940. The SMILES string of the molecule is Cc1c2ccc(CC(C)(C)C)cc2cc2c3nccc4cc(I)c5c6ccccc6n(c12)c5c43. The van der Waals surface area contributed by atoms with Gasteiger partial charge in [0, 0.05) is 31.3 Å². The highest BCUT2D eigenvalue weighted by atomic mass is 127. The second-order valence-corrected chi connectivity index (χ2v) is 12.0. The summed E-state index contributed by atoms with van der Waals surface area (Å²) >= 11 is 2.51. The van der Waals surface area contributed by atoms with E-state index in [1.54, 1.807) is 0 Å². The number of nitrogens with zero attached hydrogens (tertiary/aromatic N) is 2. The standard InChI is InChI=1S/C31H25IN2/c1-17-21-10-9-18(16-31(2,3)4)13-20(21)14-23-28-26-19(11-12-33-28)15-24(32)27-22-7-5-6-8-25(22)34(29(17)23)30(26)27/h5-15H,16H2,1-4H3. The minimum absolute atomic E-state index is 0.260. The molecule has 0 atom stereocenters. The number of hydrogen-bond acceptors (Lipinski definition) is 1. The van der Waals surface area contributed by atoms with Crippen molar-refractivity contribution in [3.05, 3.63) is 81.6 Å². The topological polar surface area (TPSA) is 17.3 Å². The van der Waals surface area contributed by atoms with Crippen LogP contribution in [0.2, 0.25) is 0 Å². The van der Waals surface area contributed by atoms with Crippen molar-refractivity contribution in [3.8, 4) is 0 Å². The van der Waals surface area contributed by atoms with Gasteiger partial charge in [0.05, 0.1) is 22.1 Å². The van der Waals surface area contributed by atoms with E-state index >= 15 is 0 Å². The molecule has 7 aromatic rings. The average molecular weight is 552 g/mol. The predicted molar refractivity (Wildman–Crippen MR) is 155 cm³/mol. The molecule has 3 aromatic heterocycles. The Hall–Kier alpha value is -2.92. The van der Waals surface area contributed by atoms with Crippen molar-refractivity contribution in [3.63, 3.8) is 0 Å². The summed E-state index contributed by atoms with van der Waals surface area (Å²) in [4.78, 5) is 4.98. The molecular weight excluding hydrogens is 527 g/mol. The quantitative estimate of drug-likeness (QED) is 0.113. The summed E-state index contributed by atoms with van der Waals surface area (Å²) in [5.74, 6) is 0. The van der Waals surface area contributed by atoms with Crippen LogP contribution in [0.15, 0.2) is 66.9 Å². The number of aromatic nitrogens is 2. The maximum Gasteiger partial charge on any atom is 0.0823 e. The van der Waals surface area contributed by atoms with Crippen LogP contribution in [0.5, 0.6) is 0 Å². The Morgan fingerprint density at radius 3 is 2.47 bits per heavy atom. The van der Waals surface area contributed by atoms with Crippen LogP contribution in [0.25, 0.3) is 59.8 Å². The normalized spacial score (nSPS) is 13.0. The summed E-state index contributed by atoms with van der Waals surface area (Å²) < 4.78 is 3.80. The predicted octanol–water partition coefficient (Wildman–Crippen LogP) is 9.04. The van der Waals surface area contributed by atoms with Crippen LogP contribution >= 0.6 is 22.6 Å². The first kappa shape index (κ1) is 20.5. The number of rotatable bonds is 1. The Kier molecular flexibility index (Phi) is 4.10. The van der Waals surface area contributed by atoms with E-state index in [4.69, 9.17) is 4.98 Å². The number of aryl methyl sites for hydroxylation is 1. The van der Waals surface area contributed by atoms with Crippen LogP contribution in [0, 0.1) is 15.9 Å². The van der Waals surface area contributed by atoms with Gasteiger partial charge >= 0.3 is 0 Å². The highest BCUT2D eigenvalue weighted by Crippen LogP contribution is 2.44. The maximum atomic E-state index is 4.98. The van der Waals surface area contributed by atoms with Crippen molar-refractivity contribution in [2.45, 2.75) is 34.1 Å². The van der Waals surface area contributed by atoms with Crippen molar-refractivity contribution >= 4 is 82.4 Å². The molecule has 0 saturated heterocycles. The number of para-hydroxylation sites is 1. The zero-order chi connectivity index (χ0) is 23.4. The van der Waals surface area contributed by atoms with Gasteiger partial charge in [-0.1, -0.05) is 57.2 Å². The van der Waals surface area contributed by atoms with E-state index in [1.807, 2.05) is 6.20 Å². The fourth-order valence-electron chi connectivity index (χ4n) is 6.03. The fraction of sp³-hybridized carbons (Fsp3) is 0.194. The number of fused-ring (bicyclic) bond motifs is 7. The number of hydrogen-bond donors (Lipinski definition) is 0. The van der Waals surface area contributed by atoms with Gasteiger partial charge in [-0.2, -0.15) is 0 Å². The first-order valence-corrected chi connectivity index (χ1v) is 13.0. The van der Waals surface area contributed by atoms with E-state index < -0.39 is 0 Å². The van der Waals surface area contributed by atoms with Crippen molar-refractivity contribution < 1.29 is 0 Å². The molecule has 2 nitrogen and oxygen atoms in total. The molecule has 0 aliphatic heterocycles. The lowest BCUT2D eigenvalue weighted by Gasteiger charge is -2.19. The van der Waals surface area contributed by atoms with Crippen LogP contribution in [0.1, 0.15) is 31.9 Å². The van der Waals surface area contributed by atoms with Gasteiger partial charge < -0.3 is 4.40 Å². The van der Waals surface area contributed by atoms with E-state index in [2.05, 4.69) is 115 Å². The molecule has 34 heavy (non-hydrogen) atoms. The molecule has 0 unspecified atom stereocenters. The number of halogens is 1. The Morgan fingerprint density at radius 1 is 0.824 bits per heavy atom. The minimum atomic E-state index is 0.260. The highest BCUT2D eigenvalue weighted by Gasteiger charge is 2.22. The molecule has 0 bridgehead atoms. The lowest BCUT2D eigenvalue weighted by Crippen LogP contribution is -2.09. The average Bonchev–Trinajstić information content (AvgIpc) is 3.14. The van der Waals surface area contributed by atoms with Crippen LogP contribution in [0.3, 0.4) is 0 Å². The molecule has 3 heteroatoms. The zero-order valence-corrected chi connectivity index (χ0v) is 22.0. The molecule has 0 aliphatic rings. The molecular formula is C31H25IN2. The number of benzene rings is 4. The van der Waals surface area contributed by atoms with Gasteiger partial charge in [-0.25, -0.2) is 0 Å². The molecule has 0 saturated carbocycles.